The van der Waals surface area contributed by atoms with Crippen LogP contribution >= 0.6 is 0 Å². The molecule has 118 valence electrons. The van der Waals surface area contributed by atoms with Gasteiger partial charge in [0.25, 0.3) is 0 Å². The molecule has 0 aromatic heterocycles. The van der Waals surface area contributed by atoms with Crippen LogP contribution in [0.4, 0.5) is 0 Å². The molecule has 1 N–H and O–H groups in total. The molecule has 21 heavy (non-hydrogen) atoms. The molecule has 3 nitrogen and oxygen atoms in total. The van der Waals surface area contributed by atoms with Gasteiger partial charge in [0.2, 0.25) is 0 Å². The fourth-order valence-corrected chi connectivity index (χ4v) is 2.22. The van der Waals surface area contributed by atoms with Crippen LogP contribution in [0.2, 0.25) is 0 Å². The first-order valence-electron chi connectivity index (χ1n) is 8.04. The van der Waals surface area contributed by atoms with E-state index in [0.717, 1.165) is 24.2 Å². The highest BCUT2D eigenvalue weighted by Gasteiger charge is 2.12. The van der Waals surface area contributed by atoms with Crippen molar-refractivity contribution in [3.8, 4) is 0 Å². The topological polar surface area (TPSA) is 46.5 Å². The third-order valence-corrected chi connectivity index (χ3v) is 3.76. The molecule has 0 aliphatic carbocycles. The van der Waals surface area contributed by atoms with Gasteiger partial charge in [0.15, 0.2) is 0 Å². The Hall–Kier alpha value is -1.35. The Morgan fingerprint density at radius 3 is 2.33 bits per heavy atom. The highest BCUT2D eigenvalue weighted by atomic mass is 16.5. The van der Waals surface area contributed by atoms with Crippen LogP contribution in [0.25, 0.3) is 0 Å². The van der Waals surface area contributed by atoms with E-state index in [1.807, 2.05) is 24.3 Å². The van der Waals surface area contributed by atoms with Crippen LogP contribution in [0, 0.1) is 0 Å². The summed E-state index contributed by atoms with van der Waals surface area (Å²) in [5.41, 5.74) is 1.93. The van der Waals surface area contributed by atoms with E-state index >= 15 is 0 Å². The number of hydrogen-bond donors (Lipinski definition) is 1. The van der Waals surface area contributed by atoms with E-state index in [1.54, 1.807) is 6.92 Å². The monoisotopic (exact) mass is 292 g/mol. The predicted octanol–water partition coefficient (Wildman–Crippen LogP) is 4.75. The number of rotatable bonds is 11. The van der Waals surface area contributed by atoms with Gasteiger partial charge in [-0.3, -0.25) is 4.79 Å². The molecule has 1 atom stereocenters. The van der Waals surface area contributed by atoms with Crippen LogP contribution in [-0.2, 0) is 16.1 Å². The second kappa shape index (κ2) is 10.4. The quantitative estimate of drug-likeness (QED) is 0.599. The number of aliphatic carboxylic acids is 1. The summed E-state index contributed by atoms with van der Waals surface area (Å²) in [4.78, 5) is 10.9. The molecule has 0 saturated heterocycles. The highest BCUT2D eigenvalue weighted by Crippen LogP contribution is 2.16. The van der Waals surface area contributed by atoms with Crippen molar-refractivity contribution in [1.29, 1.82) is 0 Å². The molecule has 1 unspecified atom stereocenters. The summed E-state index contributed by atoms with van der Waals surface area (Å²) in [6, 6.07) is 7.66. The fourth-order valence-electron chi connectivity index (χ4n) is 2.22. The van der Waals surface area contributed by atoms with Crippen molar-refractivity contribution >= 4 is 5.97 Å². The Balaban J connectivity index is 2.17. The zero-order valence-corrected chi connectivity index (χ0v) is 13.3. The van der Waals surface area contributed by atoms with Crippen molar-refractivity contribution in [3.05, 3.63) is 35.4 Å². The van der Waals surface area contributed by atoms with Crippen molar-refractivity contribution in [1.82, 2.24) is 0 Å². The van der Waals surface area contributed by atoms with Gasteiger partial charge >= 0.3 is 5.97 Å². The lowest BCUT2D eigenvalue weighted by Gasteiger charge is -2.08. The van der Waals surface area contributed by atoms with E-state index in [4.69, 9.17) is 9.84 Å². The van der Waals surface area contributed by atoms with Crippen molar-refractivity contribution in [2.75, 3.05) is 6.61 Å². The van der Waals surface area contributed by atoms with Gasteiger partial charge in [-0.15, -0.1) is 0 Å². The Morgan fingerprint density at radius 2 is 1.71 bits per heavy atom. The summed E-state index contributed by atoms with van der Waals surface area (Å²) >= 11 is 0. The summed E-state index contributed by atoms with van der Waals surface area (Å²) in [5.74, 6) is -1.25. The minimum Gasteiger partial charge on any atom is -0.481 e. The van der Waals surface area contributed by atoms with E-state index < -0.39 is 11.9 Å². The number of carboxylic acid groups (broad SMARTS) is 1. The minimum absolute atomic E-state index is 0.455. The van der Waals surface area contributed by atoms with Gasteiger partial charge in [0, 0.05) is 6.61 Å². The van der Waals surface area contributed by atoms with Crippen molar-refractivity contribution in [3.63, 3.8) is 0 Å². The van der Waals surface area contributed by atoms with Gasteiger partial charge in [-0.1, -0.05) is 63.3 Å². The van der Waals surface area contributed by atoms with Gasteiger partial charge in [-0.05, 0) is 24.5 Å². The predicted molar refractivity (Wildman–Crippen MR) is 85.5 cm³/mol. The smallest absolute Gasteiger partial charge is 0.310 e. The Kier molecular flexibility index (Phi) is 8.76. The van der Waals surface area contributed by atoms with Crippen LogP contribution in [0.1, 0.15) is 69.4 Å². The molecule has 3 heteroatoms. The van der Waals surface area contributed by atoms with Crippen LogP contribution in [0.3, 0.4) is 0 Å². The zero-order chi connectivity index (χ0) is 15.5. The number of unbranched alkanes of at least 4 members (excludes halogenated alkanes) is 5. The molecular weight excluding hydrogens is 264 g/mol. The largest absolute Gasteiger partial charge is 0.481 e. The molecule has 0 aliphatic rings. The highest BCUT2D eigenvalue weighted by molar-refractivity contribution is 5.75. The molecule has 0 spiro atoms. The fraction of sp³-hybridized carbons (Fsp3) is 0.611. The minimum atomic E-state index is -0.790. The van der Waals surface area contributed by atoms with Crippen molar-refractivity contribution in [2.45, 2.75) is 64.9 Å². The molecule has 1 rings (SSSR count). The molecule has 0 bridgehead atoms. The number of hydrogen-bond acceptors (Lipinski definition) is 2. The normalized spacial score (nSPS) is 12.3. The van der Waals surface area contributed by atoms with Crippen molar-refractivity contribution in [2.24, 2.45) is 0 Å². The lowest BCUT2D eigenvalue weighted by Crippen LogP contribution is -2.07. The number of ether oxygens (including phenoxy) is 1. The Bertz CT molecular complexity index is 397. The van der Waals surface area contributed by atoms with Crippen LogP contribution in [0.15, 0.2) is 24.3 Å². The molecule has 0 amide bonds. The average Bonchev–Trinajstić information content (AvgIpc) is 2.49. The van der Waals surface area contributed by atoms with E-state index in [9.17, 15) is 4.79 Å². The summed E-state index contributed by atoms with van der Waals surface area (Å²) in [7, 11) is 0. The molecule has 0 heterocycles. The second-order valence-corrected chi connectivity index (χ2v) is 5.62. The summed E-state index contributed by atoms with van der Waals surface area (Å²) in [5, 5.41) is 8.96. The van der Waals surface area contributed by atoms with Crippen LogP contribution < -0.4 is 0 Å². The second-order valence-electron chi connectivity index (χ2n) is 5.62. The maximum atomic E-state index is 10.9. The first-order valence-corrected chi connectivity index (χ1v) is 8.04. The lowest BCUT2D eigenvalue weighted by molar-refractivity contribution is -0.138. The van der Waals surface area contributed by atoms with E-state index in [2.05, 4.69) is 6.92 Å². The van der Waals surface area contributed by atoms with Gasteiger partial charge < -0.3 is 9.84 Å². The third kappa shape index (κ3) is 7.28. The first-order chi connectivity index (χ1) is 10.1. The molecule has 0 fully saturated rings. The third-order valence-electron chi connectivity index (χ3n) is 3.76. The molecule has 1 aromatic rings. The van der Waals surface area contributed by atoms with Gasteiger partial charge in [-0.25, -0.2) is 0 Å². The zero-order valence-electron chi connectivity index (χ0n) is 13.3. The molecule has 1 aromatic carbocycles. The van der Waals surface area contributed by atoms with E-state index in [-0.39, 0.29) is 0 Å². The summed E-state index contributed by atoms with van der Waals surface area (Å²) in [6.45, 7) is 5.34. The maximum Gasteiger partial charge on any atom is 0.310 e. The molecular formula is C18H28O3. The van der Waals surface area contributed by atoms with Gasteiger partial charge in [0.05, 0.1) is 12.5 Å². The van der Waals surface area contributed by atoms with E-state index in [1.165, 1.54) is 32.1 Å². The lowest BCUT2D eigenvalue weighted by atomic mass is 10.0. The number of benzene rings is 1. The molecule has 0 radical (unpaired) electrons. The van der Waals surface area contributed by atoms with Gasteiger partial charge in [0.1, 0.15) is 0 Å². The van der Waals surface area contributed by atoms with E-state index in [0.29, 0.717) is 6.61 Å². The summed E-state index contributed by atoms with van der Waals surface area (Å²) in [6.07, 6.45) is 7.63. The molecule has 0 saturated carbocycles. The standard InChI is InChI=1S/C18H28O3/c1-3-4-5-6-7-8-13-21-14-16-9-11-17(12-10-16)15(2)18(19)20/h9-12,15H,3-8,13-14H2,1-2H3,(H,19,20). The summed E-state index contributed by atoms with van der Waals surface area (Å²) < 4.78 is 5.66. The Morgan fingerprint density at radius 1 is 1.10 bits per heavy atom. The first kappa shape index (κ1) is 17.7. The van der Waals surface area contributed by atoms with Crippen LogP contribution in [0.5, 0.6) is 0 Å². The molecule has 0 aliphatic heterocycles. The average molecular weight is 292 g/mol. The Labute approximate surface area is 128 Å². The SMILES string of the molecule is CCCCCCCCOCc1ccc(C(C)C(=O)O)cc1. The van der Waals surface area contributed by atoms with Gasteiger partial charge in [-0.2, -0.15) is 0 Å². The number of carbonyl (C=O) groups is 1. The van der Waals surface area contributed by atoms with Crippen molar-refractivity contribution < 1.29 is 14.6 Å². The van der Waals surface area contributed by atoms with Crippen LogP contribution in [-0.4, -0.2) is 17.7 Å². The number of carboxylic acids is 1. The maximum absolute atomic E-state index is 10.9.